The molecule has 7 heteroatoms. The van der Waals surface area contributed by atoms with Crippen LogP contribution in [0, 0.1) is 5.82 Å². The van der Waals surface area contributed by atoms with Gasteiger partial charge in [0.2, 0.25) is 0 Å². The molecular weight excluding hydrogens is 353 g/mol. The Kier molecular flexibility index (Phi) is 3.50. The molecule has 2 heterocycles. The number of primary amides is 1. The SMILES string of the molecule is NC(=O)c1cccc(C(=O)c2c[nH]c3ncc(Br)cc23)c1F. The third-order valence-corrected chi connectivity index (χ3v) is 3.68. The summed E-state index contributed by atoms with van der Waals surface area (Å²) < 4.78 is 15.0. The Hall–Kier alpha value is -2.54. The minimum absolute atomic E-state index is 0.211. The van der Waals surface area contributed by atoms with Gasteiger partial charge in [-0.15, -0.1) is 0 Å². The molecular formula is C15H9BrFN3O2. The van der Waals surface area contributed by atoms with Crippen LogP contribution in [-0.4, -0.2) is 21.7 Å². The maximum absolute atomic E-state index is 14.3. The van der Waals surface area contributed by atoms with Crippen molar-refractivity contribution in [2.45, 2.75) is 0 Å². The average molecular weight is 362 g/mol. The lowest BCUT2D eigenvalue weighted by Crippen LogP contribution is -2.15. The predicted molar refractivity (Wildman–Crippen MR) is 82.1 cm³/mol. The smallest absolute Gasteiger partial charge is 0.251 e. The molecule has 0 saturated heterocycles. The quantitative estimate of drug-likeness (QED) is 0.703. The zero-order valence-corrected chi connectivity index (χ0v) is 12.6. The lowest BCUT2D eigenvalue weighted by Gasteiger charge is -2.05. The molecule has 0 aliphatic rings. The Morgan fingerprint density at radius 3 is 2.68 bits per heavy atom. The number of pyridine rings is 1. The van der Waals surface area contributed by atoms with Gasteiger partial charge in [-0.2, -0.15) is 0 Å². The summed E-state index contributed by atoms with van der Waals surface area (Å²) in [4.78, 5) is 30.7. The number of nitrogens with zero attached hydrogens (tertiary/aromatic N) is 1. The molecule has 110 valence electrons. The molecule has 22 heavy (non-hydrogen) atoms. The number of amides is 1. The highest BCUT2D eigenvalue weighted by Crippen LogP contribution is 2.24. The summed E-state index contributed by atoms with van der Waals surface area (Å²) >= 11 is 3.28. The number of nitrogens with two attached hydrogens (primary N) is 1. The van der Waals surface area contributed by atoms with Crippen LogP contribution in [0.1, 0.15) is 26.3 Å². The number of carbonyl (C=O) groups is 2. The van der Waals surface area contributed by atoms with Crippen LogP contribution in [0.3, 0.4) is 0 Å². The first-order valence-electron chi connectivity index (χ1n) is 6.24. The molecule has 0 saturated carbocycles. The van der Waals surface area contributed by atoms with Crippen molar-refractivity contribution in [3.8, 4) is 0 Å². The van der Waals surface area contributed by atoms with Crippen molar-refractivity contribution in [3.63, 3.8) is 0 Å². The van der Waals surface area contributed by atoms with Crippen molar-refractivity contribution in [1.82, 2.24) is 9.97 Å². The van der Waals surface area contributed by atoms with Crippen LogP contribution in [0.5, 0.6) is 0 Å². The van der Waals surface area contributed by atoms with Crippen molar-refractivity contribution in [2.24, 2.45) is 5.73 Å². The molecule has 0 unspecified atom stereocenters. The fraction of sp³-hybridized carbons (Fsp3) is 0. The molecule has 1 amide bonds. The first kappa shape index (κ1) is 14.4. The second kappa shape index (κ2) is 5.34. The second-order valence-corrected chi connectivity index (χ2v) is 5.53. The number of hydrogen-bond acceptors (Lipinski definition) is 3. The number of rotatable bonds is 3. The summed E-state index contributed by atoms with van der Waals surface area (Å²) in [6, 6.07) is 5.68. The Morgan fingerprint density at radius 1 is 1.23 bits per heavy atom. The maximum Gasteiger partial charge on any atom is 0.251 e. The summed E-state index contributed by atoms with van der Waals surface area (Å²) in [5.74, 6) is -2.39. The number of nitrogens with one attached hydrogen (secondary N) is 1. The van der Waals surface area contributed by atoms with E-state index in [1.807, 2.05) is 0 Å². The van der Waals surface area contributed by atoms with Gasteiger partial charge in [0.15, 0.2) is 5.78 Å². The summed E-state index contributed by atoms with van der Waals surface area (Å²) in [5, 5.41) is 0.559. The number of aromatic amines is 1. The van der Waals surface area contributed by atoms with Gasteiger partial charge in [0.05, 0.1) is 11.1 Å². The highest BCUT2D eigenvalue weighted by molar-refractivity contribution is 9.10. The van der Waals surface area contributed by atoms with Gasteiger partial charge in [-0.05, 0) is 34.1 Å². The normalized spacial score (nSPS) is 10.8. The molecule has 3 rings (SSSR count). The largest absolute Gasteiger partial charge is 0.366 e. The summed E-state index contributed by atoms with van der Waals surface area (Å²) in [6.45, 7) is 0. The molecule has 0 aliphatic carbocycles. The van der Waals surface area contributed by atoms with E-state index < -0.39 is 17.5 Å². The number of aromatic nitrogens is 2. The van der Waals surface area contributed by atoms with Crippen molar-refractivity contribution in [1.29, 1.82) is 0 Å². The highest BCUT2D eigenvalue weighted by atomic mass is 79.9. The minimum Gasteiger partial charge on any atom is -0.366 e. The maximum atomic E-state index is 14.3. The highest BCUT2D eigenvalue weighted by Gasteiger charge is 2.21. The van der Waals surface area contributed by atoms with E-state index in [1.54, 1.807) is 12.3 Å². The van der Waals surface area contributed by atoms with Crippen LogP contribution in [0.25, 0.3) is 11.0 Å². The van der Waals surface area contributed by atoms with E-state index in [-0.39, 0.29) is 16.7 Å². The lowest BCUT2D eigenvalue weighted by molar-refractivity contribution is 0.0996. The second-order valence-electron chi connectivity index (χ2n) is 4.61. The zero-order chi connectivity index (χ0) is 15.9. The fourth-order valence-electron chi connectivity index (χ4n) is 2.21. The molecule has 0 radical (unpaired) electrons. The number of fused-ring (bicyclic) bond motifs is 1. The molecule has 0 spiro atoms. The van der Waals surface area contributed by atoms with Gasteiger partial charge < -0.3 is 10.7 Å². The molecule has 5 nitrogen and oxygen atoms in total. The van der Waals surface area contributed by atoms with E-state index >= 15 is 0 Å². The van der Waals surface area contributed by atoms with Crippen LogP contribution < -0.4 is 5.73 Å². The first-order valence-corrected chi connectivity index (χ1v) is 7.04. The molecule has 0 bridgehead atoms. The van der Waals surface area contributed by atoms with Crippen LogP contribution in [0.4, 0.5) is 4.39 Å². The van der Waals surface area contributed by atoms with Gasteiger partial charge in [0.1, 0.15) is 11.5 Å². The molecule has 0 atom stereocenters. The monoisotopic (exact) mass is 361 g/mol. The van der Waals surface area contributed by atoms with Crippen LogP contribution in [-0.2, 0) is 0 Å². The number of benzene rings is 1. The van der Waals surface area contributed by atoms with Crippen molar-refractivity contribution in [3.05, 3.63) is 63.6 Å². The number of halogens is 2. The van der Waals surface area contributed by atoms with E-state index in [4.69, 9.17) is 5.73 Å². The van der Waals surface area contributed by atoms with Crippen LogP contribution in [0.15, 0.2) is 41.1 Å². The number of hydrogen-bond donors (Lipinski definition) is 2. The molecule has 1 aromatic carbocycles. The summed E-state index contributed by atoms with van der Waals surface area (Å²) in [6.07, 6.45) is 3.05. The Morgan fingerprint density at radius 2 is 1.95 bits per heavy atom. The standard InChI is InChI=1S/C15H9BrFN3O2/c16-7-4-10-11(6-20-15(10)19-5-7)13(21)8-2-1-3-9(12(8)17)14(18)22/h1-6H,(H2,18,22)(H,19,20). The van der Waals surface area contributed by atoms with E-state index in [1.165, 1.54) is 24.4 Å². The number of ketones is 1. The Balaban J connectivity index is 2.16. The minimum atomic E-state index is -0.921. The lowest BCUT2D eigenvalue weighted by atomic mass is 10.0. The molecule has 3 aromatic rings. The zero-order valence-electron chi connectivity index (χ0n) is 11.1. The first-order chi connectivity index (χ1) is 10.5. The van der Waals surface area contributed by atoms with E-state index in [0.717, 1.165) is 0 Å². The van der Waals surface area contributed by atoms with Crippen molar-refractivity contribution in [2.75, 3.05) is 0 Å². The van der Waals surface area contributed by atoms with Gasteiger partial charge in [-0.25, -0.2) is 9.37 Å². The van der Waals surface area contributed by atoms with Gasteiger partial charge in [0.25, 0.3) is 5.91 Å². The summed E-state index contributed by atoms with van der Waals surface area (Å²) in [5.41, 5.74) is 5.35. The Labute approximate surface area is 132 Å². The van der Waals surface area contributed by atoms with E-state index in [2.05, 4.69) is 25.9 Å². The molecule has 3 N–H and O–H groups in total. The third-order valence-electron chi connectivity index (χ3n) is 3.25. The number of carbonyl (C=O) groups excluding carboxylic acids is 2. The summed E-state index contributed by atoms with van der Waals surface area (Å²) in [7, 11) is 0. The van der Waals surface area contributed by atoms with Crippen LogP contribution >= 0.6 is 15.9 Å². The fourth-order valence-corrected chi connectivity index (χ4v) is 2.54. The van der Waals surface area contributed by atoms with Gasteiger partial charge in [0, 0.05) is 27.8 Å². The van der Waals surface area contributed by atoms with E-state index in [9.17, 15) is 14.0 Å². The molecule has 2 aromatic heterocycles. The van der Waals surface area contributed by atoms with Crippen LogP contribution in [0.2, 0.25) is 0 Å². The topological polar surface area (TPSA) is 88.8 Å². The van der Waals surface area contributed by atoms with E-state index in [0.29, 0.717) is 15.5 Å². The predicted octanol–water partition coefficient (Wildman–Crippen LogP) is 2.79. The third kappa shape index (κ3) is 2.29. The Bertz CT molecular complexity index is 920. The van der Waals surface area contributed by atoms with Gasteiger partial charge in [-0.3, -0.25) is 9.59 Å². The molecule has 0 aliphatic heterocycles. The van der Waals surface area contributed by atoms with Gasteiger partial charge in [-0.1, -0.05) is 6.07 Å². The molecule has 0 fully saturated rings. The van der Waals surface area contributed by atoms with Gasteiger partial charge >= 0.3 is 0 Å². The van der Waals surface area contributed by atoms with Crippen molar-refractivity contribution < 1.29 is 14.0 Å². The van der Waals surface area contributed by atoms with Crippen molar-refractivity contribution >= 4 is 38.7 Å². The number of H-pyrrole nitrogens is 1. The average Bonchev–Trinajstić information content (AvgIpc) is 2.89.